The maximum Gasteiger partial charge on any atom is 0.220 e. The van der Waals surface area contributed by atoms with E-state index in [0.717, 1.165) is 27.8 Å². The van der Waals surface area contributed by atoms with Crippen molar-refractivity contribution < 1.29 is 4.42 Å². The molecule has 3 nitrogen and oxygen atoms in total. The molecule has 0 aliphatic rings. The van der Waals surface area contributed by atoms with Gasteiger partial charge in [0.15, 0.2) is 5.58 Å². The molecule has 0 spiro atoms. The molecule has 0 amide bonds. The average Bonchev–Trinajstić information content (AvgIpc) is 3.04. The van der Waals surface area contributed by atoms with Crippen LogP contribution in [0.3, 0.4) is 0 Å². The first-order chi connectivity index (χ1) is 11.4. The highest BCUT2D eigenvalue weighted by atomic mass is 16.3. The molecule has 0 N–H and O–H groups in total. The maximum atomic E-state index is 5.77. The first-order valence-corrected chi connectivity index (χ1v) is 7.43. The van der Waals surface area contributed by atoms with E-state index in [1.807, 2.05) is 79.0 Å². The van der Waals surface area contributed by atoms with E-state index in [9.17, 15) is 0 Å². The Labute approximate surface area is 134 Å². The lowest BCUT2D eigenvalue weighted by Gasteiger charge is -1.99. The predicted octanol–water partition coefficient (Wildman–Crippen LogP) is 5.06. The van der Waals surface area contributed by atoms with Gasteiger partial charge in [0.05, 0.1) is 0 Å². The van der Waals surface area contributed by atoms with E-state index < -0.39 is 0 Å². The zero-order valence-corrected chi connectivity index (χ0v) is 12.4. The van der Waals surface area contributed by atoms with Crippen molar-refractivity contribution in [3.05, 3.63) is 84.5 Å². The summed E-state index contributed by atoms with van der Waals surface area (Å²) in [5.41, 5.74) is 4.89. The standard InChI is InChI=1S/C20H14N2O/c1-2-5-15(6-3-1)8-11-20-22-18-13-16(9-10-19(18)23-20)17-7-4-12-21-14-17/h1-14H. The second kappa shape index (κ2) is 5.89. The van der Waals surface area contributed by atoms with Gasteiger partial charge in [-0.2, -0.15) is 0 Å². The van der Waals surface area contributed by atoms with Crippen LogP contribution >= 0.6 is 0 Å². The summed E-state index contributed by atoms with van der Waals surface area (Å²) in [7, 11) is 0. The smallest absolute Gasteiger partial charge is 0.220 e. The van der Waals surface area contributed by atoms with E-state index in [4.69, 9.17) is 4.42 Å². The van der Waals surface area contributed by atoms with Crippen molar-refractivity contribution in [3.8, 4) is 11.1 Å². The molecule has 4 rings (SSSR count). The second-order valence-electron chi connectivity index (χ2n) is 5.22. The van der Waals surface area contributed by atoms with E-state index in [-0.39, 0.29) is 0 Å². The molecule has 110 valence electrons. The molecule has 0 bridgehead atoms. The molecule has 2 heterocycles. The molecule has 0 saturated carbocycles. The Hall–Kier alpha value is -3.20. The van der Waals surface area contributed by atoms with Crippen molar-refractivity contribution in [1.82, 2.24) is 9.97 Å². The third kappa shape index (κ3) is 2.90. The van der Waals surface area contributed by atoms with Crippen LogP contribution in [0.2, 0.25) is 0 Å². The molecule has 0 saturated heterocycles. The molecule has 0 unspecified atom stereocenters. The van der Waals surface area contributed by atoms with Gasteiger partial charge in [0.25, 0.3) is 0 Å². The average molecular weight is 298 g/mol. The number of fused-ring (bicyclic) bond motifs is 1. The molecule has 0 atom stereocenters. The van der Waals surface area contributed by atoms with E-state index in [0.29, 0.717) is 5.89 Å². The number of aromatic nitrogens is 2. The van der Waals surface area contributed by atoms with Gasteiger partial charge in [0.1, 0.15) is 5.52 Å². The fourth-order valence-corrected chi connectivity index (χ4v) is 2.46. The van der Waals surface area contributed by atoms with Crippen molar-refractivity contribution in [2.75, 3.05) is 0 Å². The molecule has 0 radical (unpaired) electrons. The summed E-state index contributed by atoms with van der Waals surface area (Å²) in [6.45, 7) is 0. The van der Waals surface area contributed by atoms with Gasteiger partial charge in [-0.05, 0) is 35.4 Å². The normalized spacial score (nSPS) is 11.3. The molecule has 0 aliphatic carbocycles. The Morgan fingerprint density at radius 2 is 1.74 bits per heavy atom. The first kappa shape index (κ1) is 13.5. The minimum Gasteiger partial charge on any atom is -0.437 e. The van der Waals surface area contributed by atoms with Gasteiger partial charge in [-0.1, -0.05) is 42.5 Å². The lowest BCUT2D eigenvalue weighted by Crippen LogP contribution is -1.79. The summed E-state index contributed by atoms with van der Waals surface area (Å²) >= 11 is 0. The fraction of sp³-hybridized carbons (Fsp3) is 0. The Morgan fingerprint density at radius 1 is 0.826 bits per heavy atom. The zero-order chi connectivity index (χ0) is 15.5. The number of nitrogens with zero attached hydrogens (tertiary/aromatic N) is 2. The van der Waals surface area contributed by atoms with Crippen LogP contribution in [0.25, 0.3) is 34.4 Å². The summed E-state index contributed by atoms with van der Waals surface area (Å²) in [6, 6.07) is 20.0. The van der Waals surface area contributed by atoms with Crippen LogP contribution < -0.4 is 0 Å². The number of pyridine rings is 1. The van der Waals surface area contributed by atoms with Gasteiger partial charge in [0.2, 0.25) is 5.89 Å². The van der Waals surface area contributed by atoms with Gasteiger partial charge >= 0.3 is 0 Å². The summed E-state index contributed by atoms with van der Waals surface area (Å²) in [6.07, 6.45) is 7.49. The zero-order valence-electron chi connectivity index (χ0n) is 12.4. The Bertz CT molecular complexity index is 957. The maximum absolute atomic E-state index is 5.77. The molecular weight excluding hydrogens is 284 g/mol. The van der Waals surface area contributed by atoms with Gasteiger partial charge in [0, 0.05) is 24.0 Å². The molecular formula is C20H14N2O. The van der Waals surface area contributed by atoms with E-state index in [1.165, 1.54) is 0 Å². The van der Waals surface area contributed by atoms with Gasteiger partial charge in [-0.15, -0.1) is 0 Å². The Kier molecular flexibility index (Phi) is 3.45. The highest BCUT2D eigenvalue weighted by Gasteiger charge is 2.05. The van der Waals surface area contributed by atoms with Crippen molar-refractivity contribution in [1.29, 1.82) is 0 Å². The summed E-state index contributed by atoms with van der Waals surface area (Å²) in [5.74, 6) is 0.604. The highest BCUT2D eigenvalue weighted by molar-refractivity contribution is 5.81. The molecule has 2 aromatic heterocycles. The Morgan fingerprint density at radius 3 is 2.57 bits per heavy atom. The van der Waals surface area contributed by atoms with Crippen LogP contribution in [0, 0.1) is 0 Å². The quantitative estimate of drug-likeness (QED) is 0.530. The van der Waals surface area contributed by atoms with Crippen LogP contribution in [-0.2, 0) is 0 Å². The van der Waals surface area contributed by atoms with E-state index in [2.05, 4.69) is 9.97 Å². The number of hydrogen-bond acceptors (Lipinski definition) is 3. The van der Waals surface area contributed by atoms with Crippen molar-refractivity contribution in [3.63, 3.8) is 0 Å². The lowest BCUT2D eigenvalue weighted by atomic mass is 10.1. The van der Waals surface area contributed by atoms with E-state index >= 15 is 0 Å². The predicted molar refractivity (Wildman–Crippen MR) is 92.6 cm³/mol. The largest absolute Gasteiger partial charge is 0.437 e. The monoisotopic (exact) mass is 298 g/mol. The summed E-state index contributed by atoms with van der Waals surface area (Å²) < 4.78 is 5.77. The minimum atomic E-state index is 0.604. The van der Waals surface area contributed by atoms with Gasteiger partial charge in [-0.3, -0.25) is 4.98 Å². The van der Waals surface area contributed by atoms with Crippen LogP contribution in [0.4, 0.5) is 0 Å². The molecule has 2 aromatic carbocycles. The van der Waals surface area contributed by atoms with Gasteiger partial charge < -0.3 is 4.42 Å². The number of oxazole rings is 1. The van der Waals surface area contributed by atoms with Crippen LogP contribution in [0.1, 0.15) is 11.5 Å². The Balaban J connectivity index is 1.67. The van der Waals surface area contributed by atoms with Crippen LogP contribution in [0.15, 0.2) is 77.5 Å². The molecule has 0 fully saturated rings. The topological polar surface area (TPSA) is 38.9 Å². The third-order valence-electron chi connectivity index (χ3n) is 3.62. The molecule has 0 aliphatic heterocycles. The van der Waals surface area contributed by atoms with Crippen molar-refractivity contribution in [2.24, 2.45) is 0 Å². The number of benzene rings is 2. The third-order valence-corrected chi connectivity index (χ3v) is 3.62. The summed E-state index contributed by atoms with van der Waals surface area (Å²) in [5, 5.41) is 0. The van der Waals surface area contributed by atoms with Crippen molar-refractivity contribution >= 4 is 23.3 Å². The number of rotatable bonds is 3. The highest BCUT2D eigenvalue weighted by Crippen LogP contribution is 2.24. The second-order valence-corrected chi connectivity index (χ2v) is 5.22. The van der Waals surface area contributed by atoms with E-state index in [1.54, 1.807) is 6.20 Å². The van der Waals surface area contributed by atoms with Crippen LogP contribution in [0.5, 0.6) is 0 Å². The minimum absolute atomic E-state index is 0.604. The van der Waals surface area contributed by atoms with Crippen LogP contribution in [-0.4, -0.2) is 9.97 Å². The summed E-state index contributed by atoms with van der Waals surface area (Å²) in [4.78, 5) is 8.69. The fourth-order valence-electron chi connectivity index (χ4n) is 2.46. The van der Waals surface area contributed by atoms with Gasteiger partial charge in [-0.25, -0.2) is 4.98 Å². The first-order valence-electron chi connectivity index (χ1n) is 7.43. The molecule has 3 heteroatoms. The molecule has 23 heavy (non-hydrogen) atoms. The SMILES string of the molecule is C(=Cc1nc2cc(-c3cccnc3)ccc2o1)c1ccccc1. The number of hydrogen-bond donors (Lipinski definition) is 0. The lowest BCUT2D eigenvalue weighted by molar-refractivity contribution is 0.590. The van der Waals surface area contributed by atoms with Crippen molar-refractivity contribution in [2.45, 2.75) is 0 Å². The molecule has 4 aromatic rings.